The van der Waals surface area contributed by atoms with Crippen molar-refractivity contribution in [2.45, 2.75) is 26.0 Å². The Bertz CT molecular complexity index is 250. The van der Waals surface area contributed by atoms with Crippen LogP contribution in [0.5, 0.6) is 0 Å². The van der Waals surface area contributed by atoms with Crippen molar-refractivity contribution in [1.29, 1.82) is 0 Å². The van der Waals surface area contributed by atoms with E-state index in [2.05, 4.69) is 15.4 Å². The number of carbonyl (C=O) groups is 2. The molecule has 2 unspecified atom stereocenters. The molecule has 0 aromatic rings. The fourth-order valence-corrected chi connectivity index (χ4v) is 1.74. The summed E-state index contributed by atoms with van der Waals surface area (Å²) in [7, 11) is 1.29. The molecule has 7 heteroatoms. The number of rotatable bonds is 8. The van der Waals surface area contributed by atoms with Crippen molar-refractivity contribution in [2.75, 3.05) is 25.2 Å². The van der Waals surface area contributed by atoms with E-state index in [1.807, 2.05) is 13.8 Å². The van der Waals surface area contributed by atoms with Crippen molar-refractivity contribution in [3.8, 4) is 0 Å². The van der Waals surface area contributed by atoms with Gasteiger partial charge in [-0.3, -0.25) is 0 Å². The number of methoxy groups -OCH3 is 1. The molecule has 0 rings (SSSR count). The number of carboxylic acid groups (broad SMARTS) is 1. The summed E-state index contributed by atoms with van der Waals surface area (Å²) >= 11 is 1.73. The standard InChI is InChI=1S/C10H20N2O4S/c1-4-17-6-7(2)12-10(15)11-5-8(16-3)9(13)14/h7-8H,4-6H2,1-3H3,(H,13,14)(H2,11,12,15). The van der Waals surface area contributed by atoms with Crippen LogP contribution in [-0.2, 0) is 9.53 Å². The van der Waals surface area contributed by atoms with Gasteiger partial charge < -0.3 is 20.5 Å². The molecule has 0 aliphatic rings. The molecule has 0 radical (unpaired) electrons. The van der Waals surface area contributed by atoms with Gasteiger partial charge in [-0.1, -0.05) is 6.92 Å². The average molecular weight is 264 g/mol. The van der Waals surface area contributed by atoms with E-state index < -0.39 is 12.1 Å². The van der Waals surface area contributed by atoms with E-state index in [-0.39, 0.29) is 18.6 Å². The number of hydrogen-bond acceptors (Lipinski definition) is 4. The molecule has 6 nitrogen and oxygen atoms in total. The molecule has 100 valence electrons. The van der Waals surface area contributed by atoms with Gasteiger partial charge in [0.1, 0.15) is 0 Å². The van der Waals surface area contributed by atoms with Crippen molar-refractivity contribution in [3.05, 3.63) is 0 Å². The molecule has 3 N–H and O–H groups in total. The summed E-state index contributed by atoms with van der Waals surface area (Å²) in [5, 5.41) is 13.9. The van der Waals surface area contributed by atoms with Crippen LogP contribution in [0.25, 0.3) is 0 Å². The third kappa shape index (κ3) is 7.87. The van der Waals surface area contributed by atoms with E-state index in [1.165, 1.54) is 7.11 Å². The van der Waals surface area contributed by atoms with Crippen molar-refractivity contribution < 1.29 is 19.4 Å². The predicted octanol–water partition coefficient (Wildman–Crippen LogP) is 0.527. The van der Waals surface area contributed by atoms with Crippen LogP contribution in [0, 0.1) is 0 Å². The summed E-state index contributed by atoms with van der Waals surface area (Å²) in [6.45, 7) is 3.89. The molecule has 0 spiro atoms. The number of aliphatic carboxylic acids is 1. The topological polar surface area (TPSA) is 87.7 Å². The number of nitrogens with one attached hydrogen (secondary N) is 2. The van der Waals surface area contributed by atoms with E-state index in [4.69, 9.17) is 5.11 Å². The smallest absolute Gasteiger partial charge is 0.334 e. The fraction of sp³-hybridized carbons (Fsp3) is 0.800. The van der Waals surface area contributed by atoms with Gasteiger partial charge >= 0.3 is 12.0 Å². The molecular formula is C10H20N2O4S. The molecule has 0 heterocycles. The highest BCUT2D eigenvalue weighted by atomic mass is 32.2. The fourth-order valence-electron chi connectivity index (χ4n) is 1.07. The average Bonchev–Trinajstić information content (AvgIpc) is 2.26. The van der Waals surface area contributed by atoms with Crippen molar-refractivity contribution >= 4 is 23.8 Å². The van der Waals surface area contributed by atoms with Crippen LogP contribution in [0.2, 0.25) is 0 Å². The Balaban J connectivity index is 3.82. The minimum absolute atomic E-state index is 0.0470. The lowest BCUT2D eigenvalue weighted by Crippen LogP contribution is -2.46. The molecule has 17 heavy (non-hydrogen) atoms. The van der Waals surface area contributed by atoms with Crippen LogP contribution in [0.15, 0.2) is 0 Å². The second-order valence-electron chi connectivity index (χ2n) is 3.48. The maximum atomic E-state index is 11.4. The van der Waals surface area contributed by atoms with Crippen LogP contribution in [0.3, 0.4) is 0 Å². The highest BCUT2D eigenvalue weighted by Gasteiger charge is 2.17. The molecular weight excluding hydrogens is 244 g/mol. The molecule has 0 bridgehead atoms. The molecule has 0 aliphatic carbocycles. The Morgan fingerprint density at radius 2 is 2.12 bits per heavy atom. The first-order valence-electron chi connectivity index (χ1n) is 5.39. The van der Waals surface area contributed by atoms with Gasteiger partial charge in [-0.25, -0.2) is 9.59 Å². The summed E-state index contributed by atoms with van der Waals surface area (Å²) in [5.74, 6) is 0.733. The summed E-state index contributed by atoms with van der Waals surface area (Å²) in [6.07, 6.45) is -1.01. The number of carboxylic acids is 1. The molecule has 0 aromatic heterocycles. The number of thioether (sulfide) groups is 1. The number of urea groups is 1. The third-order valence-corrected chi connectivity index (χ3v) is 3.10. The van der Waals surface area contributed by atoms with Gasteiger partial charge in [0.05, 0.1) is 6.54 Å². The first kappa shape index (κ1) is 16.1. The summed E-state index contributed by atoms with van der Waals surface area (Å²) in [4.78, 5) is 22.0. The zero-order valence-corrected chi connectivity index (χ0v) is 11.2. The Kier molecular flexibility index (Phi) is 8.61. The van der Waals surface area contributed by atoms with Crippen LogP contribution >= 0.6 is 11.8 Å². The molecule has 2 amide bonds. The van der Waals surface area contributed by atoms with Gasteiger partial charge in [-0.2, -0.15) is 11.8 Å². The third-order valence-electron chi connectivity index (χ3n) is 1.96. The van der Waals surface area contributed by atoms with Crippen molar-refractivity contribution in [3.63, 3.8) is 0 Å². The lowest BCUT2D eigenvalue weighted by atomic mass is 10.3. The lowest BCUT2D eigenvalue weighted by Gasteiger charge is -2.15. The first-order valence-corrected chi connectivity index (χ1v) is 6.54. The quantitative estimate of drug-likeness (QED) is 0.595. The number of hydrogen-bond donors (Lipinski definition) is 3. The zero-order chi connectivity index (χ0) is 13.3. The van der Waals surface area contributed by atoms with Crippen LogP contribution in [-0.4, -0.2) is 54.4 Å². The zero-order valence-electron chi connectivity index (χ0n) is 10.4. The van der Waals surface area contributed by atoms with Crippen LogP contribution < -0.4 is 10.6 Å². The van der Waals surface area contributed by atoms with Crippen LogP contribution in [0.1, 0.15) is 13.8 Å². The van der Waals surface area contributed by atoms with Crippen molar-refractivity contribution in [2.24, 2.45) is 0 Å². The van der Waals surface area contributed by atoms with E-state index in [9.17, 15) is 9.59 Å². The Morgan fingerprint density at radius 1 is 1.47 bits per heavy atom. The Hall–Kier alpha value is -0.950. The van der Waals surface area contributed by atoms with Gasteiger partial charge in [0.25, 0.3) is 0 Å². The van der Waals surface area contributed by atoms with E-state index >= 15 is 0 Å². The molecule has 0 fully saturated rings. The SMILES string of the molecule is CCSCC(C)NC(=O)NCC(OC)C(=O)O. The number of amides is 2. The first-order chi connectivity index (χ1) is 8.01. The summed E-state index contributed by atoms with van der Waals surface area (Å²) in [6, 6.07) is -0.330. The van der Waals surface area contributed by atoms with Gasteiger partial charge in [-0.15, -0.1) is 0 Å². The monoisotopic (exact) mass is 264 g/mol. The maximum Gasteiger partial charge on any atom is 0.334 e. The molecule has 0 aromatic carbocycles. The summed E-state index contributed by atoms with van der Waals surface area (Å²) < 4.78 is 4.69. The van der Waals surface area contributed by atoms with Gasteiger partial charge in [0.15, 0.2) is 6.10 Å². The highest BCUT2D eigenvalue weighted by molar-refractivity contribution is 7.99. The molecule has 0 aliphatic heterocycles. The summed E-state index contributed by atoms with van der Waals surface area (Å²) in [5.41, 5.74) is 0. The van der Waals surface area contributed by atoms with Gasteiger partial charge in [-0.05, 0) is 12.7 Å². The van der Waals surface area contributed by atoms with Gasteiger partial charge in [0, 0.05) is 18.9 Å². The van der Waals surface area contributed by atoms with Crippen molar-refractivity contribution in [1.82, 2.24) is 10.6 Å². The second-order valence-corrected chi connectivity index (χ2v) is 4.80. The Labute approximate surface area is 105 Å². The molecule has 0 saturated heterocycles. The number of ether oxygens (including phenoxy) is 1. The minimum Gasteiger partial charge on any atom is -0.479 e. The second kappa shape index (κ2) is 9.12. The van der Waals surface area contributed by atoms with Crippen LogP contribution in [0.4, 0.5) is 4.79 Å². The normalized spacial score (nSPS) is 13.8. The number of carbonyl (C=O) groups excluding carboxylic acids is 1. The lowest BCUT2D eigenvalue weighted by molar-refractivity contribution is -0.147. The highest BCUT2D eigenvalue weighted by Crippen LogP contribution is 2.00. The van der Waals surface area contributed by atoms with E-state index in [0.29, 0.717) is 0 Å². The van der Waals surface area contributed by atoms with Gasteiger partial charge in [0.2, 0.25) is 0 Å². The Morgan fingerprint density at radius 3 is 2.59 bits per heavy atom. The van der Waals surface area contributed by atoms with E-state index in [0.717, 1.165) is 11.5 Å². The maximum absolute atomic E-state index is 11.4. The minimum atomic E-state index is -1.10. The predicted molar refractivity (Wildman–Crippen MR) is 67.4 cm³/mol. The largest absolute Gasteiger partial charge is 0.479 e. The van der Waals surface area contributed by atoms with E-state index in [1.54, 1.807) is 11.8 Å². The molecule has 0 saturated carbocycles. The molecule has 2 atom stereocenters.